The Labute approximate surface area is 134 Å². The first-order valence-corrected chi connectivity index (χ1v) is 7.24. The summed E-state index contributed by atoms with van der Waals surface area (Å²) in [5, 5.41) is 13.6. The Hall–Kier alpha value is -3.00. The second-order valence-corrected chi connectivity index (χ2v) is 5.42. The van der Waals surface area contributed by atoms with Crippen molar-refractivity contribution in [2.24, 2.45) is 7.05 Å². The Kier molecular flexibility index (Phi) is 3.67. The molecular formula is C18H17N3O2. The minimum absolute atomic E-state index is 0.588. The third kappa shape index (κ3) is 2.38. The Morgan fingerprint density at radius 3 is 2.39 bits per heavy atom. The van der Waals surface area contributed by atoms with Gasteiger partial charge in [0.25, 0.3) is 0 Å². The first-order chi connectivity index (χ1) is 11.1. The van der Waals surface area contributed by atoms with E-state index in [-0.39, 0.29) is 0 Å². The predicted molar refractivity (Wildman–Crippen MR) is 87.1 cm³/mol. The lowest BCUT2D eigenvalue weighted by molar-refractivity contribution is 0.393. The van der Waals surface area contributed by atoms with Gasteiger partial charge >= 0.3 is 0 Å². The molecule has 0 aliphatic heterocycles. The minimum Gasteiger partial charge on any atom is -0.497 e. The van der Waals surface area contributed by atoms with Gasteiger partial charge < -0.3 is 13.8 Å². The maximum absolute atomic E-state index is 9.58. The molecule has 3 rings (SSSR count). The van der Waals surface area contributed by atoms with Crippen LogP contribution in [0.3, 0.4) is 0 Å². The van der Waals surface area contributed by atoms with Gasteiger partial charge in [0.05, 0.1) is 18.4 Å². The lowest BCUT2D eigenvalue weighted by atomic mass is 9.96. The summed E-state index contributed by atoms with van der Waals surface area (Å²) in [4.78, 5) is 0. The second kappa shape index (κ2) is 5.65. The van der Waals surface area contributed by atoms with Crippen molar-refractivity contribution in [3.8, 4) is 34.1 Å². The van der Waals surface area contributed by atoms with Gasteiger partial charge in [-0.25, -0.2) is 0 Å². The zero-order chi connectivity index (χ0) is 16.6. The summed E-state index contributed by atoms with van der Waals surface area (Å²) in [5.74, 6) is 1.50. The van der Waals surface area contributed by atoms with E-state index < -0.39 is 0 Å². The van der Waals surface area contributed by atoms with Crippen LogP contribution in [0.4, 0.5) is 0 Å². The van der Waals surface area contributed by atoms with E-state index >= 15 is 0 Å². The molecule has 5 nitrogen and oxygen atoms in total. The molecular weight excluding hydrogens is 290 g/mol. The zero-order valence-electron chi connectivity index (χ0n) is 13.5. The number of hydrogen-bond donors (Lipinski definition) is 0. The van der Waals surface area contributed by atoms with Crippen molar-refractivity contribution in [2.75, 3.05) is 7.11 Å². The molecule has 0 amide bonds. The van der Waals surface area contributed by atoms with Crippen LogP contribution >= 0.6 is 0 Å². The summed E-state index contributed by atoms with van der Waals surface area (Å²) >= 11 is 0. The molecule has 0 bridgehead atoms. The fourth-order valence-electron chi connectivity index (χ4n) is 2.84. The van der Waals surface area contributed by atoms with Crippen LogP contribution < -0.4 is 4.74 Å². The first-order valence-electron chi connectivity index (χ1n) is 7.24. The Morgan fingerprint density at radius 2 is 1.87 bits per heavy atom. The molecule has 0 saturated heterocycles. The highest BCUT2D eigenvalue weighted by Gasteiger charge is 2.23. The molecule has 0 saturated carbocycles. The molecule has 0 aliphatic carbocycles. The second-order valence-electron chi connectivity index (χ2n) is 5.42. The molecule has 2 aromatic heterocycles. The smallest absolute Gasteiger partial charge is 0.141 e. The van der Waals surface area contributed by atoms with Crippen molar-refractivity contribution < 1.29 is 9.26 Å². The number of aryl methyl sites for hydroxylation is 3. The molecule has 0 atom stereocenters. The average Bonchev–Trinajstić information content (AvgIpc) is 3.06. The molecule has 1 aromatic carbocycles. The Bertz CT molecular complexity index is 876. The number of benzene rings is 1. The molecule has 3 aromatic rings. The molecule has 2 heterocycles. The van der Waals surface area contributed by atoms with Crippen LogP contribution in [0.25, 0.3) is 22.3 Å². The highest BCUT2D eigenvalue weighted by atomic mass is 16.5. The number of hydrogen-bond acceptors (Lipinski definition) is 4. The van der Waals surface area contributed by atoms with Crippen LogP contribution in [-0.4, -0.2) is 16.8 Å². The fourth-order valence-corrected chi connectivity index (χ4v) is 2.84. The SMILES string of the molecule is COc1ccc(-c2cn(C)c(C#N)c2-c2c(C)noc2C)cc1. The number of nitriles is 1. The molecule has 0 radical (unpaired) electrons. The zero-order valence-corrected chi connectivity index (χ0v) is 13.5. The van der Waals surface area contributed by atoms with Crippen molar-refractivity contribution in [3.05, 3.63) is 47.6 Å². The maximum atomic E-state index is 9.58. The van der Waals surface area contributed by atoms with E-state index in [2.05, 4.69) is 11.2 Å². The van der Waals surface area contributed by atoms with Crippen LogP contribution in [0.5, 0.6) is 5.75 Å². The molecule has 0 spiro atoms. The molecule has 0 fully saturated rings. The quantitative estimate of drug-likeness (QED) is 0.737. The molecule has 5 heteroatoms. The summed E-state index contributed by atoms with van der Waals surface area (Å²) in [6, 6.07) is 10.1. The van der Waals surface area contributed by atoms with E-state index in [0.717, 1.165) is 33.7 Å². The normalized spacial score (nSPS) is 10.6. The Balaban J connectivity index is 2.28. The van der Waals surface area contributed by atoms with Gasteiger partial charge in [0.2, 0.25) is 0 Å². The highest BCUT2D eigenvalue weighted by molar-refractivity contribution is 5.88. The van der Waals surface area contributed by atoms with Crippen molar-refractivity contribution in [1.29, 1.82) is 5.26 Å². The van der Waals surface area contributed by atoms with Crippen LogP contribution in [0.15, 0.2) is 35.0 Å². The number of ether oxygens (including phenoxy) is 1. The summed E-state index contributed by atoms with van der Waals surface area (Å²) in [6.45, 7) is 3.75. The monoisotopic (exact) mass is 307 g/mol. The topological polar surface area (TPSA) is 64.0 Å². The van der Waals surface area contributed by atoms with Crippen LogP contribution in [0, 0.1) is 25.2 Å². The standard InChI is InChI=1S/C18H17N3O2/c1-11-17(12(2)23-20-11)18-15(10-21(3)16(18)9-19)13-5-7-14(22-4)8-6-13/h5-8,10H,1-4H3. The van der Waals surface area contributed by atoms with Crippen LogP contribution in [-0.2, 0) is 7.05 Å². The van der Waals surface area contributed by atoms with Crippen molar-refractivity contribution >= 4 is 0 Å². The van der Waals surface area contributed by atoms with Crippen molar-refractivity contribution in [2.45, 2.75) is 13.8 Å². The van der Waals surface area contributed by atoms with Crippen molar-refractivity contribution in [3.63, 3.8) is 0 Å². The number of rotatable bonds is 3. The van der Waals surface area contributed by atoms with Gasteiger partial charge in [-0.3, -0.25) is 0 Å². The molecule has 0 N–H and O–H groups in total. The molecule has 0 unspecified atom stereocenters. The van der Waals surface area contributed by atoms with Gasteiger partial charge in [-0.1, -0.05) is 17.3 Å². The van der Waals surface area contributed by atoms with Gasteiger partial charge in [-0.05, 0) is 31.5 Å². The predicted octanol–water partition coefficient (Wildman–Crippen LogP) is 3.84. The lowest BCUT2D eigenvalue weighted by Gasteiger charge is -2.06. The number of methoxy groups -OCH3 is 1. The van der Waals surface area contributed by atoms with Gasteiger partial charge in [0, 0.05) is 24.4 Å². The maximum Gasteiger partial charge on any atom is 0.141 e. The van der Waals surface area contributed by atoms with Crippen LogP contribution in [0.2, 0.25) is 0 Å². The summed E-state index contributed by atoms with van der Waals surface area (Å²) in [5.41, 5.74) is 5.09. The third-order valence-corrected chi connectivity index (χ3v) is 3.97. The van der Waals surface area contributed by atoms with Crippen LogP contribution in [0.1, 0.15) is 17.1 Å². The number of nitrogens with zero attached hydrogens (tertiary/aromatic N) is 3. The fraction of sp³-hybridized carbons (Fsp3) is 0.222. The summed E-state index contributed by atoms with van der Waals surface area (Å²) < 4.78 is 12.3. The van der Waals surface area contributed by atoms with Gasteiger partial charge in [-0.2, -0.15) is 5.26 Å². The van der Waals surface area contributed by atoms with E-state index in [0.29, 0.717) is 11.5 Å². The average molecular weight is 307 g/mol. The van der Waals surface area contributed by atoms with Gasteiger partial charge in [0.1, 0.15) is 23.3 Å². The summed E-state index contributed by atoms with van der Waals surface area (Å²) in [7, 11) is 3.51. The first kappa shape index (κ1) is 14.9. The van der Waals surface area contributed by atoms with E-state index in [9.17, 15) is 5.26 Å². The molecule has 116 valence electrons. The van der Waals surface area contributed by atoms with Gasteiger partial charge in [-0.15, -0.1) is 0 Å². The summed E-state index contributed by atoms with van der Waals surface area (Å²) in [6.07, 6.45) is 1.96. The largest absolute Gasteiger partial charge is 0.497 e. The number of aromatic nitrogens is 2. The van der Waals surface area contributed by atoms with E-state index in [4.69, 9.17) is 9.26 Å². The van der Waals surface area contributed by atoms with Crippen molar-refractivity contribution in [1.82, 2.24) is 9.72 Å². The van der Waals surface area contributed by atoms with Gasteiger partial charge in [0.15, 0.2) is 0 Å². The molecule has 0 aliphatic rings. The molecule has 23 heavy (non-hydrogen) atoms. The minimum atomic E-state index is 0.588. The van der Waals surface area contributed by atoms with E-state index in [1.807, 2.05) is 55.9 Å². The van der Waals surface area contributed by atoms with E-state index in [1.165, 1.54) is 0 Å². The Morgan fingerprint density at radius 1 is 1.17 bits per heavy atom. The third-order valence-electron chi connectivity index (χ3n) is 3.97. The highest BCUT2D eigenvalue weighted by Crippen LogP contribution is 2.39. The lowest BCUT2D eigenvalue weighted by Crippen LogP contribution is -1.92. The van der Waals surface area contributed by atoms with E-state index in [1.54, 1.807) is 7.11 Å².